The second-order valence-corrected chi connectivity index (χ2v) is 11.1. The molecule has 0 bridgehead atoms. The van der Waals surface area contributed by atoms with E-state index in [2.05, 4.69) is 0 Å². The highest BCUT2D eigenvalue weighted by Gasteiger charge is 2.39. The molecule has 0 radical (unpaired) electrons. The van der Waals surface area contributed by atoms with E-state index in [0.717, 1.165) is 12.5 Å². The van der Waals surface area contributed by atoms with Crippen LogP contribution in [0.3, 0.4) is 0 Å². The quantitative estimate of drug-likeness (QED) is 0.0595. The molecule has 246 valence electrons. The molecule has 0 aromatic carbocycles. The van der Waals surface area contributed by atoms with Crippen molar-refractivity contribution in [3.05, 3.63) is 0 Å². The average molecular weight is 617 g/mol. The SMILES string of the molecule is CCO[Si](CCCOCCOCCOCCOCCOCCOCCOCCOCCOC(C)=O)(OCC)OCC. The van der Waals surface area contributed by atoms with Gasteiger partial charge in [0, 0.05) is 39.4 Å². The molecule has 0 spiro atoms. The smallest absolute Gasteiger partial charge is 0.463 e. The highest BCUT2D eigenvalue weighted by Crippen LogP contribution is 2.18. The lowest BCUT2D eigenvalue weighted by Crippen LogP contribution is -2.46. The van der Waals surface area contributed by atoms with Crippen LogP contribution in [0, 0.1) is 0 Å². The molecule has 0 saturated heterocycles. The molecule has 0 aromatic heterocycles. The molecule has 0 atom stereocenters. The molecule has 0 aromatic rings. The first-order valence-corrected chi connectivity index (χ1v) is 16.7. The van der Waals surface area contributed by atoms with Gasteiger partial charge in [-0.05, 0) is 27.2 Å². The minimum absolute atomic E-state index is 0.259. The maximum absolute atomic E-state index is 10.6. The Kier molecular flexibility index (Phi) is 31.6. The molecule has 0 saturated carbocycles. The Labute approximate surface area is 248 Å². The fourth-order valence-corrected chi connectivity index (χ4v) is 5.86. The molecule has 0 heterocycles. The van der Waals surface area contributed by atoms with E-state index in [1.54, 1.807) is 0 Å². The zero-order chi connectivity index (χ0) is 30.1. The fraction of sp³-hybridized carbons (Fsp3) is 0.963. The second-order valence-electron chi connectivity index (χ2n) is 8.32. The van der Waals surface area contributed by atoms with Crippen molar-refractivity contribution in [2.45, 2.75) is 40.2 Å². The average Bonchev–Trinajstić information content (AvgIpc) is 2.95. The predicted octanol–water partition coefficient (Wildman–Crippen LogP) is 2.12. The molecule has 0 aliphatic carbocycles. The van der Waals surface area contributed by atoms with Crippen LogP contribution in [0.4, 0.5) is 0 Å². The van der Waals surface area contributed by atoms with Crippen LogP contribution in [-0.2, 0) is 60.7 Å². The largest absolute Gasteiger partial charge is 0.501 e. The molecule has 0 amide bonds. The summed E-state index contributed by atoms with van der Waals surface area (Å²) in [7, 11) is -2.58. The van der Waals surface area contributed by atoms with E-state index in [-0.39, 0.29) is 12.6 Å². The second kappa shape index (κ2) is 32.2. The van der Waals surface area contributed by atoms with Crippen molar-refractivity contribution in [1.29, 1.82) is 0 Å². The van der Waals surface area contributed by atoms with Gasteiger partial charge in [0.25, 0.3) is 0 Å². The van der Waals surface area contributed by atoms with Gasteiger partial charge >= 0.3 is 14.8 Å². The number of esters is 1. The monoisotopic (exact) mass is 616 g/mol. The van der Waals surface area contributed by atoms with Crippen LogP contribution in [-0.4, -0.2) is 147 Å². The third-order valence-electron chi connectivity index (χ3n) is 5.00. The van der Waals surface area contributed by atoms with Crippen molar-refractivity contribution < 1.29 is 60.7 Å². The standard InChI is InChI=1S/C27H56O13Si/c1-5-38-41(39-6-2,40-7-3)26-8-9-29-10-11-30-12-13-31-14-15-32-16-17-33-18-19-34-20-21-35-22-23-36-24-25-37-27(4)28/h5-26H2,1-4H3. The molecule has 13 nitrogen and oxygen atoms in total. The third-order valence-corrected chi connectivity index (χ3v) is 8.15. The molecular weight excluding hydrogens is 560 g/mol. The number of carbonyl (C=O) groups is 1. The van der Waals surface area contributed by atoms with Gasteiger partial charge in [-0.3, -0.25) is 4.79 Å². The summed E-state index contributed by atoms with van der Waals surface area (Å²) in [5.41, 5.74) is 0. The van der Waals surface area contributed by atoms with Crippen LogP contribution in [0.1, 0.15) is 34.1 Å². The van der Waals surface area contributed by atoms with Crippen LogP contribution in [0.2, 0.25) is 6.04 Å². The van der Waals surface area contributed by atoms with Crippen molar-refractivity contribution in [2.75, 3.05) is 132 Å². The molecular formula is C27H56O13Si. The third kappa shape index (κ3) is 29.1. The summed E-state index contributed by atoms with van der Waals surface area (Å²) in [5, 5.41) is 0. The Morgan fingerprint density at radius 1 is 0.439 bits per heavy atom. The summed E-state index contributed by atoms with van der Waals surface area (Å²) in [6.45, 7) is 17.2. The van der Waals surface area contributed by atoms with Gasteiger partial charge in [0.1, 0.15) is 6.61 Å². The lowest BCUT2D eigenvalue weighted by atomic mass is 10.5. The summed E-state index contributed by atoms with van der Waals surface area (Å²) >= 11 is 0. The first kappa shape index (κ1) is 40.2. The highest BCUT2D eigenvalue weighted by atomic mass is 28.4. The molecule has 0 fully saturated rings. The predicted molar refractivity (Wildman–Crippen MR) is 153 cm³/mol. The van der Waals surface area contributed by atoms with Crippen molar-refractivity contribution in [1.82, 2.24) is 0 Å². The van der Waals surface area contributed by atoms with Gasteiger partial charge in [-0.25, -0.2) is 0 Å². The zero-order valence-corrected chi connectivity index (χ0v) is 26.9. The normalized spacial score (nSPS) is 11.8. The van der Waals surface area contributed by atoms with Crippen molar-refractivity contribution >= 4 is 14.8 Å². The van der Waals surface area contributed by atoms with Gasteiger partial charge in [0.2, 0.25) is 0 Å². The van der Waals surface area contributed by atoms with Crippen LogP contribution < -0.4 is 0 Å². The number of hydrogen-bond donors (Lipinski definition) is 0. The Morgan fingerprint density at radius 3 is 0.976 bits per heavy atom. The summed E-state index contributed by atoms with van der Waals surface area (Å²) in [4.78, 5) is 10.6. The van der Waals surface area contributed by atoms with Gasteiger partial charge in [0.15, 0.2) is 0 Å². The summed E-state index contributed by atoms with van der Waals surface area (Å²) < 4.78 is 65.9. The first-order valence-electron chi connectivity index (χ1n) is 14.8. The number of ether oxygens (including phenoxy) is 9. The van der Waals surface area contributed by atoms with Crippen molar-refractivity contribution in [3.8, 4) is 0 Å². The van der Waals surface area contributed by atoms with Gasteiger partial charge in [-0.15, -0.1) is 0 Å². The van der Waals surface area contributed by atoms with Crippen LogP contribution in [0.15, 0.2) is 0 Å². The van der Waals surface area contributed by atoms with Crippen molar-refractivity contribution in [3.63, 3.8) is 0 Å². The lowest BCUT2D eigenvalue weighted by Gasteiger charge is -2.28. The maximum Gasteiger partial charge on any atom is 0.501 e. The van der Waals surface area contributed by atoms with Gasteiger partial charge in [-0.2, -0.15) is 0 Å². The van der Waals surface area contributed by atoms with Crippen molar-refractivity contribution in [2.24, 2.45) is 0 Å². The van der Waals surface area contributed by atoms with E-state index < -0.39 is 8.80 Å². The number of rotatable bonds is 34. The van der Waals surface area contributed by atoms with E-state index in [1.807, 2.05) is 20.8 Å². The number of hydrogen-bond acceptors (Lipinski definition) is 13. The summed E-state index contributed by atoms with van der Waals surface area (Å²) in [5.74, 6) is -0.310. The van der Waals surface area contributed by atoms with Crippen LogP contribution in [0.25, 0.3) is 0 Å². The minimum atomic E-state index is -2.58. The Morgan fingerprint density at radius 2 is 0.707 bits per heavy atom. The van der Waals surface area contributed by atoms with E-state index in [9.17, 15) is 4.79 Å². The molecule has 0 unspecified atom stereocenters. The Hall–Kier alpha value is -0.753. The van der Waals surface area contributed by atoms with E-state index >= 15 is 0 Å². The molecule has 41 heavy (non-hydrogen) atoms. The molecule has 0 aliphatic rings. The topological polar surface area (TPSA) is 128 Å². The first-order chi connectivity index (χ1) is 20.1. The molecule has 0 rings (SSSR count). The Bertz CT molecular complexity index is 528. The van der Waals surface area contributed by atoms with Crippen LogP contribution in [0.5, 0.6) is 0 Å². The minimum Gasteiger partial charge on any atom is -0.463 e. The maximum atomic E-state index is 10.6. The number of carbonyl (C=O) groups excluding carboxylic acids is 1. The lowest BCUT2D eigenvalue weighted by molar-refractivity contribution is -0.142. The van der Waals surface area contributed by atoms with Gasteiger partial charge in [-0.1, -0.05) is 0 Å². The van der Waals surface area contributed by atoms with Gasteiger partial charge in [0.05, 0.1) is 99.1 Å². The summed E-state index contributed by atoms with van der Waals surface area (Å²) in [6.07, 6.45) is 0.823. The molecule has 0 N–H and O–H groups in total. The van der Waals surface area contributed by atoms with Crippen LogP contribution >= 0.6 is 0 Å². The van der Waals surface area contributed by atoms with E-state index in [4.69, 9.17) is 55.9 Å². The molecule has 0 aliphatic heterocycles. The highest BCUT2D eigenvalue weighted by molar-refractivity contribution is 6.60. The van der Waals surface area contributed by atoms with E-state index in [0.29, 0.717) is 126 Å². The van der Waals surface area contributed by atoms with E-state index in [1.165, 1.54) is 6.92 Å². The zero-order valence-electron chi connectivity index (χ0n) is 25.9. The fourth-order valence-electron chi connectivity index (χ4n) is 3.28. The summed E-state index contributed by atoms with van der Waals surface area (Å²) in [6, 6.07) is 0.747. The Balaban J connectivity index is 3.26. The molecule has 14 heteroatoms. The van der Waals surface area contributed by atoms with Gasteiger partial charge < -0.3 is 55.9 Å².